The van der Waals surface area contributed by atoms with Gasteiger partial charge in [-0.25, -0.2) is 4.98 Å². The van der Waals surface area contributed by atoms with Crippen LogP contribution in [0.25, 0.3) is 10.6 Å². The minimum Gasteiger partial charge on any atom is -0.351 e. The van der Waals surface area contributed by atoms with E-state index in [9.17, 15) is 4.79 Å². The van der Waals surface area contributed by atoms with Crippen molar-refractivity contribution < 1.29 is 4.79 Å². The van der Waals surface area contributed by atoms with Gasteiger partial charge in [-0.2, -0.15) is 0 Å². The first-order valence-electron chi connectivity index (χ1n) is 6.71. The molecule has 0 bridgehead atoms. The monoisotopic (exact) mass is 348 g/mol. The molecule has 0 atom stereocenters. The number of amides is 1. The van der Waals surface area contributed by atoms with Gasteiger partial charge in [-0.1, -0.05) is 35.9 Å². The summed E-state index contributed by atoms with van der Waals surface area (Å²) in [5.74, 6) is -0.0237. The Labute approximate surface area is 141 Å². The molecule has 22 heavy (non-hydrogen) atoms. The number of hydrogen-bond acceptors (Lipinski definition) is 4. The average Bonchev–Trinajstić information content (AvgIpc) is 3.17. The Bertz CT molecular complexity index is 768. The Kier molecular flexibility index (Phi) is 4.87. The highest BCUT2D eigenvalue weighted by Crippen LogP contribution is 2.30. The van der Waals surface area contributed by atoms with Crippen molar-refractivity contribution in [3.8, 4) is 10.6 Å². The van der Waals surface area contributed by atoms with Crippen LogP contribution in [0.3, 0.4) is 0 Å². The van der Waals surface area contributed by atoms with E-state index >= 15 is 0 Å². The molecule has 0 aliphatic carbocycles. The van der Waals surface area contributed by atoms with Crippen molar-refractivity contribution in [1.29, 1.82) is 0 Å². The Hall–Kier alpha value is -1.69. The van der Waals surface area contributed by atoms with Crippen LogP contribution in [0.2, 0.25) is 5.02 Å². The number of thiazole rings is 1. The summed E-state index contributed by atoms with van der Waals surface area (Å²) in [7, 11) is 0. The summed E-state index contributed by atoms with van der Waals surface area (Å²) in [5, 5.41) is 8.32. The summed E-state index contributed by atoms with van der Waals surface area (Å²) in [6.45, 7) is 0.567. The van der Waals surface area contributed by atoms with Crippen LogP contribution in [-0.2, 0) is 17.8 Å². The van der Waals surface area contributed by atoms with E-state index in [2.05, 4.69) is 10.3 Å². The van der Waals surface area contributed by atoms with Gasteiger partial charge in [-0.05, 0) is 17.5 Å². The fourth-order valence-corrected chi connectivity index (χ4v) is 3.76. The second-order valence-corrected chi connectivity index (χ2v) is 6.95. The number of rotatable bonds is 5. The predicted octanol–water partition coefficient (Wildman–Crippen LogP) is 4.38. The Morgan fingerprint density at radius 3 is 2.82 bits per heavy atom. The van der Waals surface area contributed by atoms with Crippen LogP contribution in [0.4, 0.5) is 0 Å². The molecular weight excluding hydrogens is 336 g/mol. The third-order valence-corrected chi connectivity index (χ3v) is 5.17. The standard InChI is InChI=1S/C16H13ClN2OS2/c17-14-6-2-1-5-13(14)16-19-11(10-22-16)8-15(20)18-9-12-4-3-7-21-12/h1-7,10H,8-9H2,(H,18,20). The zero-order valence-electron chi connectivity index (χ0n) is 11.6. The van der Waals surface area contributed by atoms with Gasteiger partial charge >= 0.3 is 0 Å². The van der Waals surface area contributed by atoms with Gasteiger partial charge in [0.05, 0.1) is 23.7 Å². The summed E-state index contributed by atoms with van der Waals surface area (Å²) in [6, 6.07) is 11.6. The highest BCUT2D eigenvalue weighted by molar-refractivity contribution is 7.13. The van der Waals surface area contributed by atoms with E-state index in [1.54, 1.807) is 11.3 Å². The lowest BCUT2D eigenvalue weighted by atomic mass is 10.2. The molecular formula is C16H13ClN2OS2. The highest BCUT2D eigenvalue weighted by Gasteiger charge is 2.11. The van der Waals surface area contributed by atoms with Crippen LogP contribution < -0.4 is 5.32 Å². The van der Waals surface area contributed by atoms with Crippen molar-refractivity contribution in [2.75, 3.05) is 0 Å². The maximum absolute atomic E-state index is 12.0. The number of hydrogen-bond donors (Lipinski definition) is 1. The number of nitrogens with one attached hydrogen (secondary N) is 1. The molecule has 0 unspecified atom stereocenters. The maximum Gasteiger partial charge on any atom is 0.226 e. The molecule has 1 amide bonds. The van der Waals surface area contributed by atoms with E-state index in [-0.39, 0.29) is 12.3 Å². The van der Waals surface area contributed by atoms with Crippen molar-refractivity contribution in [2.24, 2.45) is 0 Å². The molecule has 2 aromatic heterocycles. The van der Waals surface area contributed by atoms with E-state index in [1.807, 2.05) is 47.2 Å². The molecule has 1 aromatic carbocycles. The van der Waals surface area contributed by atoms with Crippen LogP contribution in [-0.4, -0.2) is 10.9 Å². The molecule has 3 nitrogen and oxygen atoms in total. The molecule has 0 aliphatic heterocycles. The smallest absolute Gasteiger partial charge is 0.226 e. The van der Waals surface area contributed by atoms with E-state index < -0.39 is 0 Å². The summed E-state index contributed by atoms with van der Waals surface area (Å²) in [5.41, 5.74) is 1.67. The van der Waals surface area contributed by atoms with Gasteiger partial charge in [-0.3, -0.25) is 4.79 Å². The van der Waals surface area contributed by atoms with Gasteiger partial charge in [0.2, 0.25) is 5.91 Å². The molecule has 3 aromatic rings. The molecule has 0 fully saturated rings. The Balaban J connectivity index is 1.62. The number of carbonyl (C=O) groups is 1. The van der Waals surface area contributed by atoms with Crippen molar-refractivity contribution in [3.05, 3.63) is 62.8 Å². The largest absolute Gasteiger partial charge is 0.351 e. The first-order chi connectivity index (χ1) is 10.7. The number of aromatic nitrogens is 1. The van der Waals surface area contributed by atoms with E-state index in [1.165, 1.54) is 11.3 Å². The first-order valence-corrected chi connectivity index (χ1v) is 8.84. The topological polar surface area (TPSA) is 42.0 Å². The van der Waals surface area contributed by atoms with Gasteiger partial charge in [-0.15, -0.1) is 22.7 Å². The lowest BCUT2D eigenvalue weighted by Crippen LogP contribution is -2.24. The minimum absolute atomic E-state index is 0.0237. The Morgan fingerprint density at radius 1 is 1.18 bits per heavy atom. The van der Waals surface area contributed by atoms with Gasteiger partial charge in [0.15, 0.2) is 0 Å². The van der Waals surface area contributed by atoms with Crippen LogP contribution in [0.5, 0.6) is 0 Å². The molecule has 0 radical (unpaired) electrons. The molecule has 0 saturated heterocycles. The van der Waals surface area contributed by atoms with Crippen molar-refractivity contribution in [2.45, 2.75) is 13.0 Å². The predicted molar refractivity (Wildman–Crippen MR) is 92.4 cm³/mol. The van der Waals surface area contributed by atoms with E-state index in [0.29, 0.717) is 11.6 Å². The average molecular weight is 349 g/mol. The molecule has 0 spiro atoms. The lowest BCUT2D eigenvalue weighted by Gasteiger charge is -2.02. The molecule has 6 heteroatoms. The second-order valence-electron chi connectivity index (χ2n) is 4.66. The number of nitrogens with zero attached hydrogens (tertiary/aromatic N) is 1. The fraction of sp³-hybridized carbons (Fsp3) is 0.125. The van der Waals surface area contributed by atoms with Crippen LogP contribution in [0, 0.1) is 0 Å². The fourth-order valence-electron chi connectivity index (χ4n) is 1.97. The zero-order chi connectivity index (χ0) is 15.4. The number of halogens is 1. The normalized spacial score (nSPS) is 10.6. The van der Waals surface area contributed by atoms with Gasteiger partial charge in [0.1, 0.15) is 5.01 Å². The number of benzene rings is 1. The van der Waals surface area contributed by atoms with Crippen LogP contribution in [0.1, 0.15) is 10.6 Å². The van der Waals surface area contributed by atoms with E-state index in [0.717, 1.165) is 21.1 Å². The van der Waals surface area contributed by atoms with Crippen LogP contribution >= 0.6 is 34.3 Å². The van der Waals surface area contributed by atoms with Crippen molar-refractivity contribution >= 4 is 40.2 Å². The molecule has 3 rings (SSSR count). The van der Waals surface area contributed by atoms with E-state index in [4.69, 9.17) is 11.6 Å². The highest BCUT2D eigenvalue weighted by atomic mass is 35.5. The third-order valence-electron chi connectivity index (χ3n) is 3.04. The molecule has 1 N–H and O–H groups in total. The molecule has 0 aliphatic rings. The van der Waals surface area contributed by atoms with Crippen molar-refractivity contribution in [1.82, 2.24) is 10.3 Å². The quantitative estimate of drug-likeness (QED) is 0.743. The summed E-state index contributed by atoms with van der Waals surface area (Å²) >= 11 is 9.30. The number of carbonyl (C=O) groups excluding carboxylic acids is 1. The SMILES string of the molecule is O=C(Cc1csc(-c2ccccc2Cl)n1)NCc1cccs1. The zero-order valence-corrected chi connectivity index (χ0v) is 14.0. The first kappa shape index (κ1) is 15.2. The Morgan fingerprint density at radius 2 is 2.05 bits per heavy atom. The summed E-state index contributed by atoms with van der Waals surface area (Å²) in [4.78, 5) is 17.6. The van der Waals surface area contributed by atoms with Crippen LogP contribution in [0.15, 0.2) is 47.2 Å². The molecule has 0 saturated carbocycles. The second kappa shape index (κ2) is 7.05. The molecule has 112 valence electrons. The third kappa shape index (κ3) is 3.74. The molecule has 2 heterocycles. The summed E-state index contributed by atoms with van der Waals surface area (Å²) < 4.78 is 0. The minimum atomic E-state index is -0.0237. The van der Waals surface area contributed by atoms with Gasteiger partial charge in [0.25, 0.3) is 0 Å². The lowest BCUT2D eigenvalue weighted by molar-refractivity contribution is -0.120. The van der Waals surface area contributed by atoms with Gasteiger partial charge < -0.3 is 5.32 Å². The summed E-state index contributed by atoms with van der Waals surface area (Å²) in [6.07, 6.45) is 0.284. The number of thiophene rings is 1. The van der Waals surface area contributed by atoms with Gasteiger partial charge in [0, 0.05) is 15.8 Å². The van der Waals surface area contributed by atoms with Crippen molar-refractivity contribution in [3.63, 3.8) is 0 Å². The maximum atomic E-state index is 12.0.